The van der Waals surface area contributed by atoms with Crippen LogP contribution in [-0.4, -0.2) is 39.3 Å². The predicted octanol–water partition coefficient (Wildman–Crippen LogP) is 1.85. The molecule has 2 fully saturated rings. The van der Waals surface area contributed by atoms with Crippen molar-refractivity contribution in [2.24, 2.45) is 5.41 Å². The Labute approximate surface area is 124 Å². The molecule has 1 amide bonds. The van der Waals surface area contributed by atoms with E-state index in [2.05, 4.69) is 10.2 Å². The van der Waals surface area contributed by atoms with Crippen LogP contribution in [0.3, 0.4) is 0 Å². The van der Waals surface area contributed by atoms with Crippen molar-refractivity contribution in [2.45, 2.75) is 57.9 Å². The predicted molar refractivity (Wildman–Crippen MR) is 75.4 cm³/mol. The van der Waals surface area contributed by atoms with Gasteiger partial charge in [-0.2, -0.15) is 0 Å². The number of amides is 1. The average Bonchev–Trinajstić information content (AvgIpc) is 3.03. The van der Waals surface area contributed by atoms with E-state index in [-0.39, 0.29) is 24.0 Å². The summed E-state index contributed by atoms with van der Waals surface area (Å²) in [6.45, 7) is 2.86. The van der Waals surface area contributed by atoms with E-state index < -0.39 is 0 Å². The first-order chi connectivity index (χ1) is 10.2. The molecule has 1 spiro atoms. The van der Waals surface area contributed by atoms with Gasteiger partial charge in [0.1, 0.15) is 6.04 Å². The SMILES string of the molecule is CCN1C(=O)CC2(CC2)C[C@H]1c1nnc(CCCCO)o1. The van der Waals surface area contributed by atoms with Gasteiger partial charge in [-0.25, -0.2) is 0 Å². The van der Waals surface area contributed by atoms with Crippen molar-refractivity contribution >= 4 is 5.91 Å². The molecule has 1 saturated heterocycles. The highest BCUT2D eigenvalue weighted by Crippen LogP contribution is 2.58. The highest BCUT2D eigenvalue weighted by molar-refractivity contribution is 5.78. The van der Waals surface area contributed by atoms with Crippen LogP contribution < -0.4 is 0 Å². The van der Waals surface area contributed by atoms with Gasteiger partial charge in [-0.15, -0.1) is 10.2 Å². The Kier molecular flexibility index (Phi) is 3.97. The summed E-state index contributed by atoms with van der Waals surface area (Å²) in [6, 6.07) is -0.0576. The smallest absolute Gasteiger partial charge is 0.238 e. The molecule has 1 N–H and O–H groups in total. The van der Waals surface area contributed by atoms with E-state index >= 15 is 0 Å². The third-order valence-corrected chi connectivity index (χ3v) is 4.71. The molecule has 6 heteroatoms. The van der Waals surface area contributed by atoms with Crippen molar-refractivity contribution in [2.75, 3.05) is 13.2 Å². The minimum Gasteiger partial charge on any atom is -0.423 e. The Hall–Kier alpha value is -1.43. The van der Waals surface area contributed by atoms with Crippen molar-refractivity contribution in [3.05, 3.63) is 11.8 Å². The van der Waals surface area contributed by atoms with Crippen LogP contribution in [0.1, 0.15) is 63.3 Å². The van der Waals surface area contributed by atoms with Crippen molar-refractivity contribution in [1.82, 2.24) is 15.1 Å². The molecule has 1 aromatic heterocycles. The second kappa shape index (κ2) is 5.75. The minimum absolute atomic E-state index is 0.0576. The number of rotatable bonds is 6. The average molecular weight is 293 g/mol. The molecule has 1 aromatic rings. The molecule has 2 heterocycles. The lowest BCUT2D eigenvalue weighted by molar-refractivity contribution is -0.140. The van der Waals surface area contributed by atoms with Gasteiger partial charge in [-0.1, -0.05) is 0 Å². The summed E-state index contributed by atoms with van der Waals surface area (Å²) in [6.07, 6.45) is 6.17. The highest BCUT2D eigenvalue weighted by Gasteiger charge is 2.52. The first-order valence-electron chi connectivity index (χ1n) is 7.90. The second-order valence-corrected chi connectivity index (χ2v) is 6.29. The van der Waals surface area contributed by atoms with Gasteiger partial charge in [0.25, 0.3) is 0 Å². The minimum atomic E-state index is -0.0576. The lowest BCUT2D eigenvalue weighted by Crippen LogP contribution is -2.42. The van der Waals surface area contributed by atoms with Gasteiger partial charge in [-0.3, -0.25) is 4.79 Å². The molecular weight excluding hydrogens is 270 g/mol. The third-order valence-electron chi connectivity index (χ3n) is 4.71. The number of hydrogen-bond donors (Lipinski definition) is 1. The van der Waals surface area contributed by atoms with Crippen LogP contribution in [0.15, 0.2) is 4.42 Å². The van der Waals surface area contributed by atoms with Gasteiger partial charge in [0, 0.05) is 26.0 Å². The molecule has 1 saturated carbocycles. The van der Waals surface area contributed by atoms with Crippen molar-refractivity contribution in [3.8, 4) is 0 Å². The maximum Gasteiger partial charge on any atom is 0.238 e. The van der Waals surface area contributed by atoms with E-state index in [0.717, 1.165) is 32.1 Å². The van der Waals surface area contributed by atoms with E-state index in [1.807, 2.05) is 11.8 Å². The third kappa shape index (κ3) is 2.95. The number of aryl methyl sites for hydroxylation is 1. The molecule has 0 radical (unpaired) electrons. The standard InChI is InChI=1S/C15H23N3O3/c1-2-18-11(9-15(6-7-15)10-13(18)20)14-17-16-12(21-14)5-3-4-8-19/h11,19H,2-10H2,1H3/t11-/m0/s1. The molecule has 21 heavy (non-hydrogen) atoms. The first kappa shape index (κ1) is 14.5. The molecule has 1 aliphatic carbocycles. The summed E-state index contributed by atoms with van der Waals surface area (Å²) >= 11 is 0. The summed E-state index contributed by atoms with van der Waals surface area (Å²) in [5.74, 6) is 1.40. The van der Waals surface area contributed by atoms with Crippen LogP contribution in [-0.2, 0) is 11.2 Å². The summed E-state index contributed by atoms with van der Waals surface area (Å²) in [7, 11) is 0. The van der Waals surface area contributed by atoms with E-state index in [9.17, 15) is 4.79 Å². The molecule has 6 nitrogen and oxygen atoms in total. The summed E-state index contributed by atoms with van der Waals surface area (Å²) in [5.41, 5.74) is 0.207. The molecule has 3 rings (SSSR count). The number of unbranched alkanes of at least 4 members (excludes halogenated alkanes) is 1. The van der Waals surface area contributed by atoms with Gasteiger partial charge >= 0.3 is 0 Å². The van der Waals surface area contributed by atoms with E-state index in [1.54, 1.807) is 0 Å². The highest BCUT2D eigenvalue weighted by atomic mass is 16.4. The van der Waals surface area contributed by atoms with Crippen LogP contribution in [0.25, 0.3) is 0 Å². The van der Waals surface area contributed by atoms with E-state index in [0.29, 0.717) is 31.2 Å². The fourth-order valence-corrected chi connectivity index (χ4v) is 3.25. The van der Waals surface area contributed by atoms with Crippen LogP contribution in [0.5, 0.6) is 0 Å². The van der Waals surface area contributed by atoms with Crippen LogP contribution in [0.4, 0.5) is 0 Å². The zero-order valence-electron chi connectivity index (χ0n) is 12.5. The van der Waals surface area contributed by atoms with Gasteiger partial charge in [-0.05, 0) is 44.4 Å². The summed E-state index contributed by atoms with van der Waals surface area (Å²) in [5, 5.41) is 17.1. The molecule has 1 aliphatic heterocycles. The van der Waals surface area contributed by atoms with Gasteiger partial charge in [0.05, 0.1) is 0 Å². The molecule has 0 aromatic carbocycles. The maximum atomic E-state index is 12.3. The number of hydrogen-bond acceptors (Lipinski definition) is 5. The largest absolute Gasteiger partial charge is 0.423 e. The number of carbonyl (C=O) groups excluding carboxylic acids is 1. The number of aliphatic hydroxyl groups excluding tert-OH is 1. The Bertz CT molecular complexity index is 510. The molecule has 1 atom stereocenters. The van der Waals surface area contributed by atoms with Crippen molar-refractivity contribution < 1.29 is 14.3 Å². The zero-order chi connectivity index (χ0) is 14.9. The molecule has 2 aliphatic rings. The maximum absolute atomic E-state index is 12.3. The molecule has 116 valence electrons. The van der Waals surface area contributed by atoms with Crippen LogP contribution in [0.2, 0.25) is 0 Å². The number of aromatic nitrogens is 2. The molecular formula is C15H23N3O3. The van der Waals surface area contributed by atoms with E-state index in [1.165, 1.54) is 0 Å². The number of carbonyl (C=O) groups is 1. The normalized spacial score (nSPS) is 23.8. The van der Waals surface area contributed by atoms with Crippen LogP contribution in [0, 0.1) is 5.41 Å². The zero-order valence-corrected chi connectivity index (χ0v) is 12.5. The summed E-state index contributed by atoms with van der Waals surface area (Å²) < 4.78 is 5.77. The van der Waals surface area contributed by atoms with Gasteiger partial charge in [0.2, 0.25) is 17.7 Å². The van der Waals surface area contributed by atoms with Crippen molar-refractivity contribution in [1.29, 1.82) is 0 Å². The van der Waals surface area contributed by atoms with Gasteiger partial charge in [0.15, 0.2) is 0 Å². The quantitative estimate of drug-likeness (QED) is 0.810. The van der Waals surface area contributed by atoms with Gasteiger partial charge < -0.3 is 14.4 Å². The van der Waals surface area contributed by atoms with E-state index in [4.69, 9.17) is 9.52 Å². The number of aliphatic hydroxyl groups is 1. The second-order valence-electron chi connectivity index (χ2n) is 6.29. The molecule has 0 bridgehead atoms. The number of likely N-dealkylation sites (tertiary alicyclic amines) is 1. The number of piperidine rings is 1. The van der Waals surface area contributed by atoms with Crippen molar-refractivity contribution in [3.63, 3.8) is 0 Å². The topological polar surface area (TPSA) is 79.5 Å². The Morgan fingerprint density at radius 1 is 1.38 bits per heavy atom. The molecule has 0 unspecified atom stereocenters. The fraction of sp³-hybridized carbons (Fsp3) is 0.800. The Morgan fingerprint density at radius 2 is 2.19 bits per heavy atom. The number of nitrogens with zero attached hydrogens (tertiary/aromatic N) is 3. The lowest BCUT2D eigenvalue weighted by Gasteiger charge is -2.37. The van der Waals surface area contributed by atoms with Crippen LogP contribution >= 0.6 is 0 Å². The Morgan fingerprint density at radius 3 is 2.86 bits per heavy atom. The first-order valence-corrected chi connectivity index (χ1v) is 7.90. The lowest BCUT2D eigenvalue weighted by atomic mass is 9.87. The summed E-state index contributed by atoms with van der Waals surface area (Å²) in [4.78, 5) is 14.2. The Balaban J connectivity index is 1.72. The monoisotopic (exact) mass is 293 g/mol. The fourth-order valence-electron chi connectivity index (χ4n) is 3.25.